The molecule has 0 bridgehead atoms. The maximum atomic E-state index is 12.6. The summed E-state index contributed by atoms with van der Waals surface area (Å²) in [5.74, 6) is 2.25. The highest BCUT2D eigenvalue weighted by Gasteiger charge is 2.23. The van der Waals surface area contributed by atoms with Gasteiger partial charge in [-0.2, -0.15) is 4.98 Å². The summed E-state index contributed by atoms with van der Waals surface area (Å²) in [7, 11) is 3.15. The molecule has 0 radical (unpaired) electrons. The first-order valence-electron chi connectivity index (χ1n) is 9.90. The summed E-state index contributed by atoms with van der Waals surface area (Å²) in [6.07, 6.45) is 1.62. The van der Waals surface area contributed by atoms with E-state index in [1.807, 2.05) is 24.3 Å². The average Bonchev–Trinajstić information content (AvgIpc) is 3.28. The number of carbonyl (C=O) groups is 1. The van der Waals surface area contributed by atoms with Crippen molar-refractivity contribution in [2.24, 2.45) is 0 Å². The molecule has 0 unspecified atom stereocenters. The van der Waals surface area contributed by atoms with Gasteiger partial charge in [0, 0.05) is 37.9 Å². The van der Waals surface area contributed by atoms with Crippen LogP contribution in [0.5, 0.6) is 11.6 Å². The number of methoxy groups -OCH3 is 2. The summed E-state index contributed by atoms with van der Waals surface area (Å²) in [5.41, 5.74) is 1.41. The number of carbonyl (C=O) groups excluding carboxylic acids is 1. The van der Waals surface area contributed by atoms with Gasteiger partial charge in [0.15, 0.2) is 0 Å². The van der Waals surface area contributed by atoms with Crippen molar-refractivity contribution in [2.45, 2.75) is 6.54 Å². The van der Waals surface area contributed by atoms with Gasteiger partial charge in [-0.1, -0.05) is 5.16 Å². The van der Waals surface area contributed by atoms with E-state index in [4.69, 9.17) is 14.0 Å². The minimum atomic E-state index is -0.175. The van der Waals surface area contributed by atoms with E-state index < -0.39 is 0 Å². The summed E-state index contributed by atoms with van der Waals surface area (Å²) in [6.45, 7) is 3.13. The van der Waals surface area contributed by atoms with Crippen LogP contribution in [-0.2, 0) is 6.54 Å². The number of amides is 2. The van der Waals surface area contributed by atoms with Crippen LogP contribution in [-0.4, -0.2) is 71.4 Å². The van der Waals surface area contributed by atoms with E-state index >= 15 is 0 Å². The highest BCUT2D eigenvalue weighted by Crippen LogP contribution is 2.22. The van der Waals surface area contributed by atoms with Crippen molar-refractivity contribution in [1.29, 1.82) is 0 Å². The van der Waals surface area contributed by atoms with Crippen LogP contribution in [0.15, 0.2) is 47.1 Å². The molecule has 2 amide bonds. The SMILES string of the molecule is COc1ccc(-c2noc(CN3CCN(C(=O)Nc4cccnc4OC)CC3)n2)cc1. The Hall–Kier alpha value is -3.66. The third-order valence-electron chi connectivity index (χ3n) is 5.04. The third-order valence-corrected chi connectivity index (χ3v) is 5.04. The van der Waals surface area contributed by atoms with Crippen LogP contribution in [0.3, 0.4) is 0 Å². The molecule has 31 heavy (non-hydrogen) atoms. The predicted molar refractivity (Wildman–Crippen MR) is 113 cm³/mol. The number of ether oxygens (including phenoxy) is 2. The van der Waals surface area contributed by atoms with E-state index in [1.165, 1.54) is 7.11 Å². The molecule has 1 aliphatic rings. The molecule has 1 aliphatic heterocycles. The minimum absolute atomic E-state index is 0.175. The molecule has 0 aliphatic carbocycles. The zero-order chi connectivity index (χ0) is 21.6. The first kappa shape index (κ1) is 20.6. The lowest BCUT2D eigenvalue weighted by molar-refractivity contribution is 0.133. The lowest BCUT2D eigenvalue weighted by Gasteiger charge is -2.33. The molecule has 10 nitrogen and oxygen atoms in total. The summed E-state index contributed by atoms with van der Waals surface area (Å²) < 4.78 is 15.8. The van der Waals surface area contributed by atoms with Gasteiger partial charge >= 0.3 is 6.03 Å². The van der Waals surface area contributed by atoms with Gasteiger partial charge in [0.1, 0.15) is 11.4 Å². The molecule has 3 heterocycles. The number of aromatic nitrogens is 3. The fraction of sp³-hybridized carbons (Fsp3) is 0.333. The first-order chi connectivity index (χ1) is 15.2. The Morgan fingerprint density at radius 3 is 2.58 bits per heavy atom. The Morgan fingerprint density at radius 2 is 1.87 bits per heavy atom. The highest BCUT2D eigenvalue weighted by atomic mass is 16.5. The summed E-state index contributed by atoms with van der Waals surface area (Å²) in [5, 5.41) is 6.92. The second-order valence-electron chi connectivity index (χ2n) is 6.99. The van der Waals surface area contributed by atoms with Crippen molar-refractivity contribution in [3.05, 3.63) is 48.5 Å². The van der Waals surface area contributed by atoms with Gasteiger partial charge in [-0.15, -0.1) is 0 Å². The molecule has 1 aromatic carbocycles. The molecule has 0 atom stereocenters. The second kappa shape index (κ2) is 9.43. The van der Waals surface area contributed by atoms with E-state index in [0.29, 0.717) is 56.0 Å². The number of rotatable bonds is 6. The molecular weight excluding hydrogens is 400 g/mol. The number of nitrogens with one attached hydrogen (secondary N) is 1. The lowest BCUT2D eigenvalue weighted by atomic mass is 10.2. The number of pyridine rings is 1. The number of hydrogen-bond donors (Lipinski definition) is 1. The van der Waals surface area contributed by atoms with E-state index in [-0.39, 0.29) is 6.03 Å². The minimum Gasteiger partial charge on any atom is -0.497 e. The van der Waals surface area contributed by atoms with Crippen molar-refractivity contribution in [3.8, 4) is 23.0 Å². The topological polar surface area (TPSA) is 106 Å². The lowest BCUT2D eigenvalue weighted by Crippen LogP contribution is -2.49. The Labute approximate surface area is 179 Å². The Kier molecular flexibility index (Phi) is 6.27. The predicted octanol–water partition coefficient (Wildman–Crippen LogP) is 2.50. The monoisotopic (exact) mass is 424 g/mol. The maximum Gasteiger partial charge on any atom is 0.322 e. The molecule has 10 heteroatoms. The molecule has 4 rings (SSSR count). The number of piperazine rings is 1. The normalized spacial score (nSPS) is 14.3. The number of benzene rings is 1. The quantitative estimate of drug-likeness (QED) is 0.643. The van der Waals surface area contributed by atoms with Gasteiger partial charge < -0.3 is 24.2 Å². The second-order valence-corrected chi connectivity index (χ2v) is 6.99. The Morgan fingerprint density at radius 1 is 1.10 bits per heavy atom. The number of anilines is 1. The van der Waals surface area contributed by atoms with E-state index in [9.17, 15) is 4.79 Å². The van der Waals surface area contributed by atoms with Crippen LogP contribution in [0.4, 0.5) is 10.5 Å². The molecule has 1 N–H and O–H groups in total. The van der Waals surface area contributed by atoms with Gasteiger partial charge in [0.25, 0.3) is 0 Å². The van der Waals surface area contributed by atoms with E-state index in [0.717, 1.165) is 11.3 Å². The third kappa shape index (κ3) is 4.92. The average molecular weight is 424 g/mol. The van der Waals surface area contributed by atoms with Crippen LogP contribution in [0.2, 0.25) is 0 Å². The molecule has 3 aromatic rings. The highest BCUT2D eigenvalue weighted by molar-refractivity contribution is 5.90. The molecule has 162 valence electrons. The van der Waals surface area contributed by atoms with Gasteiger partial charge in [-0.25, -0.2) is 9.78 Å². The maximum absolute atomic E-state index is 12.6. The van der Waals surface area contributed by atoms with Crippen molar-refractivity contribution < 1.29 is 18.8 Å². The van der Waals surface area contributed by atoms with Gasteiger partial charge in [0.2, 0.25) is 17.6 Å². The number of nitrogens with zero attached hydrogens (tertiary/aromatic N) is 5. The smallest absolute Gasteiger partial charge is 0.322 e. The summed E-state index contributed by atoms with van der Waals surface area (Å²) >= 11 is 0. The molecule has 1 fully saturated rings. The van der Waals surface area contributed by atoms with Crippen LogP contribution >= 0.6 is 0 Å². The Balaban J connectivity index is 1.29. The van der Waals surface area contributed by atoms with Crippen LogP contribution in [0.25, 0.3) is 11.4 Å². The zero-order valence-electron chi connectivity index (χ0n) is 17.4. The van der Waals surface area contributed by atoms with Crippen molar-refractivity contribution in [1.82, 2.24) is 24.9 Å². The Bertz CT molecular complexity index is 1010. The fourth-order valence-corrected chi connectivity index (χ4v) is 3.32. The number of hydrogen-bond acceptors (Lipinski definition) is 8. The van der Waals surface area contributed by atoms with Gasteiger partial charge in [0.05, 0.1) is 20.8 Å². The largest absolute Gasteiger partial charge is 0.497 e. The van der Waals surface area contributed by atoms with Crippen molar-refractivity contribution in [3.63, 3.8) is 0 Å². The zero-order valence-corrected chi connectivity index (χ0v) is 17.4. The van der Waals surface area contributed by atoms with Crippen LogP contribution in [0, 0.1) is 0 Å². The summed E-state index contributed by atoms with van der Waals surface area (Å²) in [4.78, 5) is 25.1. The molecule has 0 saturated carbocycles. The van der Waals surface area contributed by atoms with Gasteiger partial charge in [-0.3, -0.25) is 4.90 Å². The van der Waals surface area contributed by atoms with Crippen molar-refractivity contribution >= 4 is 11.7 Å². The fourth-order valence-electron chi connectivity index (χ4n) is 3.32. The van der Waals surface area contributed by atoms with Crippen LogP contribution in [0.1, 0.15) is 5.89 Å². The molecule has 0 spiro atoms. The van der Waals surface area contributed by atoms with Crippen LogP contribution < -0.4 is 14.8 Å². The van der Waals surface area contributed by atoms with E-state index in [2.05, 4.69) is 25.3 Å². The first-order valence-corrected chi connectivity index (χ1v) is 9.90. The number of urea groups is 1. The molecule has 2 aromatic heterocycles. The van der Waals surface area contributed by atoms with E-state index in [1.54, 1.807) is 30.3 Å². The van der Waals surface area contributed by atoms with Gasteiger partial charge in [-0.05, 0) is 36.4 Å². The molecular formula is C21H24N6O4. The standard InChI is InChI=1S/C21H24N6O4/c1-29-16-7-5-15(6-8-16)19-24-18(31-25-19)14-26-10-12-27(13-11-26)21(28)23-17-4-3-9-22-20(17)30-2/h3-9H,10-14H2,1-2H3,(H,23,28). The summed E-state index contributed by atoms with van der Waals surface area (Å²) in [6, 6.07) is 10.8. The molecule has 1 saturated heterocycles. The van der Waals surface area contributed by atoms with Crippen molar-refractivity contribution in [2.75, 3.05) is 45.7 Å².